The molecule has 0 spiro atoms. The Morgan fingerprint density at radius 3 is 2.71 bits per heavy atom. The van der Waals surface area contributed by atoms with Gasteiger partial charge in [0.1, 0.15) is 5.69 Å². The first kappa shape index (κ1) is 25.8. The zero-order valence-electron chi connectivity index (χ0n) is 19.6. The summed E-state index contributed by atoms with van der Waals surface area (Å²) in [6.07, 6.45) is 3.77. The molecule has 1 aromatic carbocycles. The molecule has 35 heavy (non-hydrogen) atoms. The molecule has 3 atom stereocenters. The number of rotatable bonds is 8. The highest BCUT2D eigenvalue weighted by Crippen LogP contribution is 2.40. The van der Waals surface area contributed by atoms with Gasteiger partial charge in [-0.25, -0.2) is 18.7 Å². The molecule has 6 N–H and O–H groups in total. The van der Waals surface area contributed by atoms with Crippen LogP contribution >= 0.6 is 11.8 Å². The number of nitrogens with zero attached hydrogens (tertiary/aromatic N) is 3. The van der Waals surface area contributed by atoms with E-state index < -0.39 is 17.7 Å². The van der Waals surface area contributed by atoms with Crippen molar-refractivity contribution >= 4 is 29.1 Å². The summed E-state index contributed by atoms with van der Waals surface area (Å²) in [7, 11) is 0. The molecule has 0 bridgehead atoms. The molecular weight excluding hydrogens is 478 g/mol. The standard InChI is InChI=1S/C14H24N6O3S.C9H8F2/c1-2-5-24-14-16-12(15)11-13(17-14)20(19-18-11)9-6-8(7-10(9)22)23-4-3-21;10-8-4-3-7(5-9(8)11)6-1-2-6/h8-10,18-19,21-22H,2-7H2,1H3,(H2,15,16,17);3-6H,1-2H2/t8?,9?,10-;/m1./s1. The number of nitrogen functional groups attached to an aromatic ring is 1. The first-order valence-electron chi connectivity index (χ1n) is 11.9. The van der Waals surface area contributed by atoms with Crippen LogP contribution in [-0.2, 0) is 4.74 Å². The van der Waals surface area contributed by atoms with Gasteiger partial charge >= 0.3 is 0 Å². The van der Waals surface area contributed by atoms with E-state index in [9.17, 15) is 13.9 Å². The number of aliphatic hydroxyl groups excluding tert-OH is 2. The van der Waals surface area contributed by atoms with Crippen LogP contribution in [0.2, 0.25) is 0 Å². The van der Waals surface area contributed by atoms with E-state index in [1.54, 1.807) is 22.8 Å². The Morgan fingerprint density at radius 1 is 1.23 bits per heavy atom. The number of aliphatic hydroxyl groups is 2. The van der Waals surface area contributed by atoms with E-state index in [0.29, 0.717) is 41.2 Å². The summed E-state index contributed by atoms with van der Waals surface area (Å²) < 4.78 is 30.6. The number of thioether (sulfide) groups is 1. The Balaban J connectivity index is 0.000000218. The molecule has 2 aromatic rings. The Bertz CT molecular complexity index is 1020. The number of anilines is 3. The van der Waals surface area contributed by atoms with Crippen LogP contribution in [0.15, 0.2) is 23.4 Å². The molecule has 192 valence electrons. The topological polar surface area (TPSA) is 129 Å². The third-order valence-corrected chi connectivity index (χ3v) is 7.14. The molecular formula is C23H32F2N6O3S. The summed E-state index contributed by atoms with van der Waals surface area (Å²) in [6.45, 7) is 2.35. The first-order chi connectivity index (χ1) is 16.9. The van der Waals surface area contributed by atoms with Gasteiger partial charge in [0.2, 0.25) is 0 Å². The first-order valence-corrected chi connectivity index (χ1v) is 12.9. The second-order valence-corrected chi connectivity index (χ2v) is 9.88. The maximum atomic E-state index is 12.6. The predicted molar refractivity (Wildman–Crippen MR) is 131 cm³/mol. The van der Waals surface area contributed by atoms with Gasteiger partial charge in [-0.1, -0.05) is 24.8 Å². The van der Waals surface area contributed by atoms with E-state index in [0.717, 1.165) is 30.6 Å². The van der Waals surface area contributed by atoms with E-state index in [1.807, 2.05) is 0 Å². The summed E-state index contributed by atoms with van der Waals surface area (Å²) in [5.41, 5.74) is 13.6. The fourth-order valence-electron chi connectivity index (χ4n) is 4.17. The highest BCUT2D eigenvalue weighted by Gasteiger charge is 2.41. The van der Waals surface area contributed by atoms with E-state index in [2.05, 4.69) is 27.9 Å². The van der Waals surface area contributed by atoms with Crippen LogP contribution in [0.5, 0.6) is 0 Å². The lowest BCUT2D eigenvalue weighted by Gasteiger charge is -2.26. The summed E-state index contributed by atoms with van der Waals surface area (Å²) >= 11 is 1.56. The van der Waals surface area contributed by atoms with E-state index in [4.69, 9.17) is 15.6 Å². The molecule has 9 nitrogen and oxygen atoms in total. The average molecular weight is 511 g/mol. The van der Waals surface area contributed by atoms with Gasteiger partial charge in [-0.05, 0) is 49.3 Å². The summed E-state index contributed by atoms with van der Waals surface area (Å²) in [5, 5.41) is 21.7. The molecule has 2 heterocycles. The van der Waals surface area contributed by atoms with Crippen molar-refractivity contribution in [2.45, 2.75) is 68.4 Å². The van der Waals surface area contributed by atoms with Crippen LogP contribution in [0.4, 0.5) is 26.1 Å². The Labute approximate surface area is 207 Å². The summed E-state index contributed by atoms with van der Waals surface area (Å²) in [5.74, 6) is 0.957. The van der Waals surface area contributed by atoms with Gasteiger partial charge in [-0.3, -0.25) is 10.4 Å². The normalized spacial score (nSPS) is 23.0. The van der Waals surface area contributed by atoms with Gasteiger partial charge in [-0.2, -0.15) is 0 Å². The third kappa shape index (κ3) is 6.31. The highest BCUT2D eigenvalue weighted by molar-refractivity contribution is 7.99. The number of halogens is 2. The minimum Gasteiger partial charge on any atom is -0.394 e. The number of aromatic nitrogens is 2. The second kappa shape index (κ2) is 11.7. The van der Waals surface area contributed by atoms with Gasteiger partial charge in [0.25, 0.3) is 0 Å². The lowest BCUT2D eigenvalue weighted by atomic mass is 10.1. The smallest absolute Gasteiger partial charge is 0.191 e. The lowest BCUT2D eigenvalue weighted by Crippen LogP contribution is -2.48. The highest BCUT2D eigenvalue weighted by atomic mass is 32.2. The number of hydrogen-bond donors (Lipinski definition) is 5. The molecule has 5 rings (SSSR count). The molecule has 1 aromatic heterocycles. The largest absolute Gasteiger partial charge is 0.394 e. The fraction of sp³-hybridized carbons (Fsp3) is 0.565. The molecule has 1 aliphatic heterocycles. The molecule has 2 aliphatic carbocycles. The van der Waals surface area contributed by atoms with E-state index >= 15 is 0 Å². The number of fused-ring (bicyclic) bond motifs is 1. The van der Waals surface area contributed by atoms with Gasteiger partial charge in [-0.15, -0.1) is 5.53 Å². The van der Waals surface area contributed by atoms with Gasteiger partial charge in [0.05, 0.1) is 31.5 Å². The number of ether oxygens (including phenoxy) is 1. The molecule has 12 heteroatoms. The second-order valence-electron chi connectivity index (χ2n) is 8.82. The zero-order valence-corrected chi connectivity index (χ0v) is 20.4. The van der Waals surface area contributed by atoms with Crippen molar-refractivity contribution in [2.75, 3.05) is 35.1 Å². The van der Waals surface area contributed by atoms with Crippen molar-refractivity contribution in [3.63, 3.8) is 0 Å². The van der Waals surface area contributed by atoms with Crippen molar-refractivity contribution in [3.8, 4) is 0 Å². The number of nitrogens with one attached hydrogen (secondary N) is 2. The maximum Gasteiger partial charge on any atom is 0.191 e. The van der Waals surface area contributed by atoms with Crippen LogP contribution in [0.25, 0.3) is 0 Å². The minimum atomic E-state index is -0.755. The van der Waals surface area contributed by atoms with Crippen molar-refractivity contribution < 1.29 is 23.7 Å². The van der Waals surface area contributed by atoms with E-state index in [-0.39, 0.29) is 25.4 Å². The molecule has 0 saturated heterocycles. The predicted octanol–water partition coefficient (Wildman–Crippen LogP) is 2.96. The van der Waals surface area contributed by atoms with Crippen LogP contribution in [0, 0.1) is 11.6 Å². The Morgan fingerprint density at radius 2 is 2.03 bits per heavy atom. The number of hydrogen-bond acceptors (Lipinski definition) is 10. The van der Waals surface area contributed by atoms with Gasteiger partial charge in [0, 0.05) is 12.2 Å². The fourth-order valence-corrected chi connectivity index (χ4v) is 4.87. The molecule has 2 fully saturated rings. The Kier molecular flexibility index (Phi) is 8.60. The van der Waals surface area contributed by atoms with Crippen LogP contribution in [0.3, 0.4) is 0 Å². The zero-order chi connectivity index (χ0) is 24.9. The van der Waals surface area contributed by atoms with Crippen LogP contribution < -0.4 is 21.7 Å². The van der Waals surface area contributed by atoms with Gasteiger partial charge in [0.15, 0.2) is 28.4 Å². The van der Waals surface area contributed by atoms with Crippen molar-refractivity contribution in [1.29, 1.82) is 0 Å². The molecule has 0 amide bonds. The SMILES string of the molecule is CCCSc1nc(N)c2c(n1)N(C1CC(OCCO)C[C@H]1O)NN2.Fc1ccc(C2CC2)cc1F. The Hall–Kier alpha value is -2.25. The lowest BCUT2D eigenvalue weighted by molar-refractivity contribution is 0.0252. The summed E-state index contributed by atoms with van der Waals surface area (Å²) in [6, 6.07) is 3.97. The number of hydrazine groups is 2. The quantitative estimate of drug-likeness (QED) is 0.267. The number of nitrogens with two attached hydrogens (primary N) is 1. The van der Waals surface area contributed by atoms with Crippen molar-refractivity contribution in [1.82, 2.24) is 15.5 Å². The molecule has 3 aliphatic rings. The maximum absolute atomic E-state index is 12.6. The van der Waals surface area contributed by atoms with Crippen molar-refractivity contribution in [2.24, 2.45) is 0 Å². The average Bonchev–Trinajstić information content (AvgIpc) is 3.51. The van der Waals surface area contributed by atoms with E-state index in [1.165, 1.54) is 12.1 Å². The molecule has 2 unspecified atom stereocenters. The monoisotopic (exact) mass is 510 g/mol. The molecule has 0 radical (unpaired) electrons. The van der Waals surface area contributed by atoms with Crippen LogP contribution in [0.1, 0.15) is 50.5 Å². The third-order valence-electron chi connectivity index (χ3n) is 6.08. The molecule has 2 saturated carbocycles. The van der Waals surface area contributed by atoms with Gasteiger partial charge < -0.3 is 20.7 Å². The van der Waals surface area contributed by atoms with Crippen LogP contribution in [-0.4, -0.2) is 57.4 Å². The summed E-state index contributed by atoms with van der Waals surface area (Å²) in [4.78, 5) is 8.88. The van der Waals surface area contributed by atoms with Crippen molar-refractivity contribution in [3.05, 3.63) is 35.4 Å². The number of benzene rings is 1. The minimum absolute atomic E-state index is 0.0224.